The summed E-state index contributed by atoms with van der Waals surface area (Å²) in [6.07, 6.45) is 8.35. The van der Waals surface area contributed by atoms with Gasteiger partial charge in [-0.3, -0.25) is 0 Å². The van der Waals surface area contributed by atoms with E-state index in [2.05, 4.69) is 20.2 Å². The van der Waals surface area contributed by atoms with Gasteiger partial charge in [-0.2, -0.15) is 0 Å². The van der Waals surface area contributed by atoms with Crippen LogP contribution < -0.4 is 5.32 Å². The van der Waals surface area contributed by atoms with E-state index < -0.39 is 0 Å². The van der Waals surface area contributed by atoms with Gasteiger partial charge >= 0.3 is 0 Å². The number of nitrogens with one attached hydrogen (secondary N) is 1. The molecule has 0 atom stereocenters. The smallest absolute Gasteiger partial charge is 0.129 e. The molecule has 1 aromatic heterocycles. The lowest BCUT2D eigenvalue weighted by molar-refractivity contribution is 0.0732. The molecule has 1 aliphatic carbocycles. The first-order chi connectivity index (χ1) is 10.3. The molecule has 0 spiro atoms. The maximum absolute atomic E-state index is 9.38. The third kappa shape index (κ3) is 4.14. The fraction of sp³-hybridized carbons (Fsp3) is 0.750. The lowest BCUT2D eigenvalue weighted by Gasteiger charge is -2.30. The molecule has 0 aromatic carbocycles. The Hall–Kier alpha value is -1.20. The Morgan fingerprint density at radius 2 is 2.00 bits per heavy atom. The lowest BCUT2D eigenvalue weighted by Crippen LogP contribution is -2.27. The number of aliphatic hydroxyl groups excluding tert-OH is 1. The first-order valence-electron chi connectivity index (χ1n) is 8.27. The highest BCUT2D eigenvalue weighted by Crippen LogP contribution is 2.35. The van der Waals surface area contributed by atoms with Gasteiger partial charge in [-0.1, -0.05) is 0 Å². The molecular weight excluding hydrogens is 264 g/mol. The number of aromatic nitrogens is 2. The summed E-state index contributed by atoms with van der Waals surface area (Å²) in [5.41, 5.74) is 1.06. The summed E-state index contributed by atoms with van der Waals surface area (Å²) < 4.78 is 0. The summed E-state index contributed by atoms with van der Waals surface area (Å²) in [4.78, 5) is 11.2. The molecule has 0 bridgehead atoms. The van der Waals surface area contributed by atoms with Crippen LogP contribution in [0.1, 0.15) is 50.1 Å². The SMILES string of the molecule is OC1CC(c2cc(NCCCCN3CCCC3)ncn2)C1. The Bertz CT molecular complexity index is 442. The first-order valence-corrected chi connectivity index (χ1v) is 8.27. The monoisotopic (exact) mass is 290 g/mol. The number of rotatable bonds is 7. The molecule has 2 fully saturated rings. The Balaban J connectivity index is 1.35. The topological polar surface area (TPSA) is 61.3 Å². The zero-order chi connectivity index (χ0) is 14.5. The molecule has 0 radical (unpaired) electrons. The number of hydrogen-bond acceptors (Lipinski definition) is 5. The molecule has 1 saturated carbocycles. The maximum atomic E-state index is 9.38. The predicted octanol–water partition coefficient (Wildman–Crippen LogP) is 2.00. The molecule has 2 aliphatic rings. The van der Waals surface area contributed by atoms with E-state index in [0.29, 0.717) is 5.92 Å². The van der Waals surface area contributed by atoms with Crippen LogP contribution in [-0.2, 0) is 0 Å². The number of unbranched alkanes of at least 4 members (excludes halogenated alkanes) is 1. The number of hydrogen-bond donors (Lipinski definition) is 2. The maximum Gasteiger partial charge on any atom is 0.129 e. The summed E-state index contributed by atoms with van der Waals surface area (Å²) in [7, 11) is 0. The summed E-state index contributed by atoms with van der Waals surface area (Å²) in [6, 6.07) is 2.04. The van der Waals surface area contributed by atoms with E-state index in [1.54, 1.807) is 6.33 Å². The van der Waals surface area contributed by atoms with Gasteiger partial charge in [-0.05, 0) is 58.2 Å². The Morgan fingerprint density at radius 1 is 1.19 bits per heavy atom. The minimum atomic E-state index is -0.132. The number of anilines is 1. The normalized spacial score (nSPS) is 25.8. The fourth-order valence-corrected chi connectivity index (χ4v) is 3.20. The third-order valence-electron chi connectivity index (χ3n) is 4.63. The molecule has 116 valence electrons. The van der Waals surface area contributed by atoms with E-state index >= 15 is 0 Å². The van der Waals surface area contributed by atoms with Crippen LogP contribution in [0.5, 0.6) is 0 Å². The Morgan fingerprint density at radius 3 is 2.76 bits per heavy atom. The molecule has 0 amide bonds. The highest BCUT2D eigenvalue weighted by Gasteiger charge is 2.29. The van der Waals surface area contributed by atoms with Gasteiger partial charge in [0, 0.05) is 24.2 Å². The molecule has 2 heterocycles. The third-order valence-corrected chi connectivity index (χ3v) is 4.63. The van der Waals surface area contributed by atoms with Crippen molar-refractivity contribution in [2.45, 2.75) is 50.5 Å². The van der Waals surface area contributed by atoms with Gasteiger partial charge in [0.2, 0.25) is 0 Å². The van der Waals surface area contributed by atoms with E-state index in [0.717, 1.165) is 30.9 Å². The second kappa shape index (κ2) is 7.18. The average molecular weight is 290 g/mol. The summed E-state index contributed by atoms with van der Waals surface area (Å²) in [5, 5.41) is 12.8. The van der Waals surface area contributed by atoms with Gasteiger partial charge in [0.15, 0.2) is 0 Å². The molecule has 5 heteroatoms. The van der Waals surface area contributed by atoms with Gasteiger partial charge in [0.1, 0.15) is 12.1 Å². The van der Waals surface area contributed by atoms with Crippen LogP contribution >= 0.6 is 0 Å². The number of nitrogens with zero attached hydrogens (tertiary/aromatic N) is 3. The summed E-state index contributed by atoms with van der Waals surface area (Å²) >= 11 is 0. The molecule has 1 saturated heterocycles. The van der Waals surface area contributed by atoms with Crippen LogP contribution in [0.25, 0.3) is 0 Å². The van der Waals surface area contributed by atoms with Gasteiger partial charge in [0.25, 0.3) is 0 Å². The number of likely N-dealkylation sites (tertiary alicyclic amines) is 1. The van der Waals surface area contributed by atoms with Crippen molar-refractivity contribution in [2.75, 3.05) is 31.5 Å². The molecule has 3 rings (SSSR count). The van der Waals surface area contributed by atoms with Crippen LogP contribution in [0.4, 0.5) is 5.82 Å². The van der Waals surface area contributed by atoms with Crippen molar-refractivity contribution in [3.63, 3.8) is 0 Å². The Labute approximate surface area is 126 Å². The first kappa shape index (κ1) is 14.7. The largest absolute Gasteiger partial charge is 0.393 e. The van der Waals surface area contributed by atoms with E-state index in [1.807, 2.05) is 6.07 Å². The van der Waals surface area contributed by atoms with Crippen LogP contribution in [-0.4, -0.2) is 52.3 Å². The van der Waals surface area contributed by atoms with Crippen molar-refractivity contribution in [3.8, 4) is 0 Å². The second-order valence-corrected chi connectivity index (χ2v) is 6.33. The molecule has 5 nitrogen and oxygen atoms in total. The van der Waals surface area contributed by atoms with Gasteiger partial charge in [0.05, 0.1) is 6.10 Å². The molecule has 0 unspecified atom stereocenters. The summed E-state index contributed by atoms with van der Waals surface area (Å²) in [6.45, 7) is 4.78. The Kier molecular flexibility index (Phi) is 5.04. The lowest BCUT2D eigenvalue weighted by atomic mass is 9.80. The fourth-order valence-electron chi connectivity index (χ4n) is 3.20. The molecular formula is C16H26N4O. The summed E-state index contributed by atoms with van der Waals surface area (Å²) in [5.74, 6) is 1.33. The highest BCUT2D eigenvalue weighted by molar-refractivity contribution is 5.36. The van der Waals surface area contributed by atoms with Crippen molar-refractivity contribution in [3.05, 3.63) is 18.1 Å². The van der Waals surface area contributed by atoms with Gasteiger partial charge in [-0.15, -0.1) is 0 Å². The van der Waals surface area contributed by atoms with Crippen LogP contribution in [0, 0.1) is 0 Å². The van der Waals surface area contributed by atoms with E-state index in [9.17, 15) is 5.11 Å². The van der Waals surface area contributed by atoms with E-state index in [-0.39, 0.29) is 6.10 Å². The predicted molar refractivity (Wildman–Crippen MR) is 83.4 cm³/mol. The molecule has 1 aromatic rings. The van der Waals surface area contributed by atoms with Gasteiger partial charge < -0.3 is 15.3 Å². The standard InChI is InChI=1S/C16H26N4O/c21-14-9-13(10-14)15-11-16(19-12-18-15)17-5-1-2-6-20-7-3-4-8-20/h11-14,21H,1-10H2,(H,17,18,19). The molecule has 2 N–H and O–H groups in total. The van der Waals surface area contributed by atoms with E-state index in [1.165, 1.54) is 45.3 Å². The quantitative estimate of drug-likeness (QED) is 0.752. The molecule has 21 heavy (non-hydrogen) atoms. The van der Waals surface area contributed by atoms with Crippen LogP contribution in [0.2, 0.25) is 0 Å². The minimum Gasteiger partial charge on any atom is -0.393 e. The van der Waals surface area contributed by atoms with Crippen LogP contribution in [0.3, 0.4) is 0 Å². The minimum absolute atomic E-state index is 0.132. The second-order valence-electron chi connectivity index (χ2n) is 6.33. The van der Waals surface area contributed by atoms with Crippen molar-refractivity contribution >= 4 is 5.82 Å². The van der Waals surface area contributed by atoms with Crippen molar-refractivity contribution in [2.24, 2.45) is 0 Å². The van der Waals surface area contributed by atoms with Crippen molar-refractivity contribution < 1.29 is 5.11 Å². The van der Waals surface area contributed by atoms with Crippen molar-refractivity contribution in [1.29, 1.82) is 0 Å². The number of aliphatic hydroxyl groups is 1. The molecule has 1 aliphatic heterocycles. The highest BCUT2D eigenvalue weighted by atomic mass is 16.3. The van der Waals surface area contributed by atoms with E-state index in [4.69, 9.17) is 0 Å². The van der Waals surface area contributed by atoms with Crippen molar-refractivity contribution in [1.82, 2.24) is 14.9 Å². The van der Waals surface area contributed by atoms with Crippen LogP contribution in [0.15, 0.2) is 12.4 Å². The zero-order valence-electron chi connectivity index (χ0n) is 12.7. The van der Waals surface area contributed by atoms with Gasteiger partial charge in [-0.25, -0.2) is 9.97 Å². The zero-order valence-corrected chi connectivity index (χ0v) is 12.7. The average Bonchev–Trinajstić information content (AvgIpc) is 2.97.